The van der Waals surface area contributed by atoms with E-state index < -0.39 is 0 Å². The number of rotatable bonds is 5. The first-order valence-corrected chi connectivity index (χ1v) is 10.8. The van der Waals surface area contributed by atoms with Gasteiger partial charge in [-0.3, -0.25) is 4.79 Å². The van der Waals surface area contributed by atoms with E-state index in [0.29, 0.717) is 6.61 Å². The van der Waals surface area contributed by atoms with Crippen molar-refractivity contribution in [3.8, 4) is 5.75 Å². The first-order chi connectivity index (χ1) is 15.6. The third-order valence-corrected chi connectivity index (χ3v) is 5.62. The van der Waals surface area contributed by atoms with Gasteiger partial charge in [-0.15, -0.1) is 0 Å². The first kappa shape index (κ1) is 20.1. The van der Waals surface area contributed by atoms with Crippen LogP contribution in [0.1, 0.15) is 43.0 Å². The monoisotopic (exact) mass is 430 g/mol. The summed E-state index contributed by atoms with van der Waals surface area (Å²) in [6.45, 7) is 5.50. The van der Waals surface area contributed by atoms with E-state index in [0.717, 1.165) is 40.6 Å². The van der Waals surface area contributed by atoms with Crippen molar-refractivity contribution in [3.05, 3.63) is 78.0 Å². The van der Waals surface area contributed by atoms with E-state index in [1.807, 2.05) is 47.1 Å². The number of hydrogen-bond acceptors (Lipinski definition) is 6. The predicted octanol–water partition coefficient (Wildman–Crippen LogP) is 3.34. The molecule has 8 nitrogen and oxygen atoms in total. The Balaban J connectivity index is 1.37. The number of carbonyl (C=O) groups excluding carboxylic acids is 1. The van der Waals surface area contributed by atoms with E-state index in [2.05, 4.69) is 51.7 Å². The molecule has 32 heavy (non-hydrogen) atoms. The fourth-order valence-corrected chi connectivity index (χ4v) is 4.13. The lowest BCUT2D eigenvalue weighted by Crippen LogP contribution is -2.28. The summed E-state index contributed by atoms with van der Waals surface area (Å²) in [6.07, 6.45) is 3.87. The summed E-state index contributed by atoms with van der Waals surface area (Å²) in [6, 6.07) is 15.7. The second kappa shape index (κ2) is 8.37. The van der Waals surface area contributed by atoms with Crippen molar-refractivity contribution in [1.82, 2.24) is 25.0 Å². The zero-order valence-corrected chi connectivity index (χ0v) is 18.2. The van der Waals surface area contributed by atoms with Crippen LogP contribution in [0.4, 0.5) is 5.69 Å². The van der Waals surface area contributed by atoms with Crippen molar-refractivity contribution in [2.75, 3.05) is 18.5 Å². The Morgan fingerprint density at radius 3 is 2.91 bits per heavy atom. The summed E-state index contributed by atoms with van der Waals surface area (Å²) < 4.78 is 7.89. The van der Waals surface area contributed by atoms with Crippen molar-refractivity contribution in [2.45, 2.75) is 32.5 Å². The minimum absolute atomic E-state index is 0.0502. The molecular formula is C24H26N6O2. The second-order valence-corrected chi connectivity index (χ2v) is 8.26. The van der Waals surface area contributed by atoms with Gasteiger partial charge in [-0.2, -0.15) is 5.10 Å². The zero-order chi connectivity index (χ0) is 22.1. The fraction of sp³-hybridized carbons (Fsp3) is 0.292. The zero-order valence-electron chi connectivity index (χ0n) is 18.2. The van der Waals surface area contributed by atoms with E-state index in [9.17, 15) is 4.79 Å². The molecule has 1 aromatic heterocycles. The lowest BCUT2D eigenvalue weighted by Gasteiger charge is -2.23. The standard InChI is InChI=1S/C24H26N6O2/c1-16(2)30-24(25-15-26-30)20-14-29-10-11-32-21-9-8-17(12-19(21)23(29)28-20)13-22(31)27-18-6-4-3-5-7-18/h3-9,12,14-16,23,28H,10-11,13H2,1-2H3,(H,27,31). The maximum absolute atomic E-state index is 12.6. The lowest BCUT2D eigenvalue weighted by atomic mass is 10.0. The Kier molecular flexibility index (Phi) is 5.26. The van der Waals surface area contributed by atoms with Gasteiger partial charge >= 0.3 is 0 Å². The van der Waals surface area contributed by atoms with E-state index >= 15 is 0 Å². The van der Waals surface area contributed by atoms with Crippen LogP contribution in [-0.2, 0) is 11.2 Å². The molecule has 3 heterocycles. The topological polar surface area (TPSA) is 84.3 Å². The maximum atomic E-state index is 12.6. The van der Waals surface area contributed by atoms with Crippen molar-refractivity contribution in [2.24, 2.45) is 0 Å². The van der Waals surface area contributed by atoms with Gasteiger partial charge in [0.05, 0.1) is 18.7 Å². The van der Waals surface area contributed by atoms with E-state index in [4.69, 9.17) is 4.74 Å². The van der Waals surface area contributed by atoms with Crippen molar-refractivity contribution < 1.29 is 9.53 Å². The summed E-state index contributed by atoms with van der Waals surface area (Å²) in [5.74, 6) is 1.59. The van der Waals surface area contributed by atoms with Gasteiger partial charge in [-0.05, 0) is 43.7 Å². The molecule has 0 aliphatic carbocycles. The van der Waals surface area contributed by atoms with Crippen LogP contribution in [0.5, 0.6) is 5.75 Å². The average Bonchev–Trinajstić information content (AvgIpc) is 3.39. The fourth-order valence-electron chi connectivity index (χ4n) is 4.13. The molecule has 5 rings (SSSR count). The van der Waals surface area contributed by atoms with Crippen LogP contribution in [0, 0.1) is 0 Å². The molecule has 1 unspecified atom stereocenters. The number of benzene rings is 2. The number of aromatic nitrogens is 3. The molecule has 8 heteroatoms. The van der Waals surface area contributed by atoms with E-state index in [1.54, 1.807) is 6.33 Å². The largest absolute Gasteiger partial charge is 0.491 e. The van der Waals surface area contributed by atoms with E-state index in [-0.39, 0.29) is 24.5 Å². The molecule has 0 bridgehead atoms. The Labute approximate surface area is 186 Å². The Morgan fingerprint density at radius 1 is 1.25 bits per heavy atom. The maximum Gasteiger partial charge on any atom is 0.228 e. The molecule has 2 N–H and O–H groups in total. The number of amides is 1. The summed E-state index contributed by atoms with van der Waals surface area (Å²) in [5, 5.41) is 10.9. The third-order valence-electron chi connectivity index (χ3n) is 5.62. The van der Waals surface area contributed by atoms with Gasteiger partial charge in [-0.25, -0.2) is 9.67 Å². The van der Waals surface area contributed by atoms with Crippen LogP contribution in [0.3, 0.4) is 0 Å². The summed E-state index contributed by atoms with van der Waals surface area (Å²) in [7, 11) is 0. The van der Waals surface area contributed by atoms with Gasteiger partial charge < -0.3 is 20.3 Å². The quantitative estimate of drug-likeness (QED) is 0.646. The molecule has 0 spiro atoms. The summed E-state index contributed by atoms with van der Waals surface area (Å²) in [5.41, 5.74) is 3.67. The van der Waals surface area contributed by atoms with Gasteiger partial charge in [0.25, 0.3) is 0 Å². The minimum Gasteiger partial charge on any atom is -0.491 e. The minimum atomic E-state index is -0.0862. The van der Waals surface area contributed by atoms with Gasteiger partial charge in [0, 0.05) is 23.5 Å². The van der Waals surface area contributed by atoms with Crippen molar-refractivity contribution in [1.29, 1.82) is 0 Å². The van der Waals surface area contributed by atoms with Crippen LogP contribution in [-0.4, -0.2) is 38.7 Å². The number of para-hydroxylation sites is 1. The second-order valence-electron chi connectivity index (χ2n) is 8.26. The number of carbonyl (C=O) groups is 1. The van der Waals surface area contributed by atoms with Crippen LogP contribution in [0.25, 0.3) is 5.70 Å². The lowest BCUT2D eigenvalue weighted by molar-refractivity contribution is -0.115. The molecule has 1 atom stereocenters. The van der Waals surface area contributed by atoms with Crippen LogP contribution >= 0.6 is 0 Å². The number of fused-ring (bicyclic) bond motifs is 3. The number of anilines is 1. The predicted molar refractivity (Wildman–Crippen MR) is 122 cm³/mol. The molecule has 3 aromatic rings. The van der Waals surface area contributed by atoms with Crippen LogP contribution in [0.2, 0.25) is 0 Å². The molecule has 0 saturated heterocycles. The van der Waals surface area contributed by atoms with Gasteiger partial charge in [0.1, 0.15) is 24.8 Å². The van der Waals surface area contributed by atoms with Gasteiger partial charge in [0.2, 0.25) is 5.91 Å². The normalized spacial score (nSPS) is 17.0. The number of hydrogen-bond donors (Lipinski definition) is 2. The number of nitrogens with one attached hydrogen (secondary N) is 2. The highest BCUT2D eigenvalue weighted by molar-refractivity contribution is 5.92. The van der Waals surface area contributed by atoms with Gasteiger partial charge in [-0.1, -0.05) is 24.3 Å². The molecule has 164 valence electrons. The molecule has 1 amide bonds. The van der Waals surface area contributed by atoms with Crippen molar-refractivity contribution >= 4 is 17.3 Å². The molecule has 0 fully saturated rings. The Bertz CT molecular complexity index is 1150. The molecule has 2 aliphatic heterocycles. The summed E-state index contributed by atoms with van der Waals surface area (Å²) in [4.78, 5) is 19.2. The van der Waals surface area contributed by atoms with E-state index in [1.165, 1.54) is 0 Å². The van der Waals surface area contributed by atoms with Crippen molar-refractivity contribution in [3.63, 3.8) is 0 Å². The molecule has 2 aromatic carbocycles. The van der Waals surface area contributed by atoms with Gasteiger partial charge in [0.15, 0.2) is 5.82 Å². The molecule has 0 saturated carbocycles. The van der Waals surface area contributed by atoms with Crippen LogP contribution < -0.4 is 15.4 Å². The highest BCUT2D eigenvalue weighted by Crippen LogP contribution is 2.37. The third kappa shape index (κ3) is 3.91. The smallest absolute Gasteiger partial charge is 0.228 e. The molecule has 0 radical (unpaired) electrons. The Hall–Kier alpha value is -3.81. The summed E-state index contributed by atoms with van der Waals surface area (Å²) >= 11 is 0. The first-order valence-electron chi connectivity index (χ1n) is 10.8. The highest BCUT2D eigenvalue weighted by atomic mass is 16.5. The highest BCUT2D eigenvalue weighted by Gasteiger charge is 2.32. The molecule has 2 aliphatic rings. The molecular weight excluding hydrogens is 404 g/mol. The average molecular weight is 431 g/mol. The number of nitrogens with zero attached hydrogens (tertiary/aromatic N) is 4. The number of ether oxygens (including phenoxy) is 1. The Morgan fingerprint density at radius 2 is 2.09 bits per heavy atom. The SMILES string of the molecule is CC(C)n1ncnc1C1=CN2CCOc3ccc(CC(=O)Nc4ccccc4)cc3C2N1. The van der Waals surface area contributed by atoms with Crippen LogP contribution in [0.15, 0.2) is 61.1 Å².